The summed E-state index contributed by atoms with van der Waals surface area (Å²) >= 11 is 0. The third-order valence-corrected chi connectivity index (χ3v) is 4.40. The highest BCUT2D eigenvalue weighted by Crippen LogP contribution is 2.36. The molecule has 10 heteroatoms. The Labute approximate surface area is 157 Å². The van der Waals surface area contributed by atoms with Gasteiger partial charge in [-0.25, -0.2) is 36.7 Å². The van der Waals surface area contributed by atoms with Crippen molar-refractivity contribution in [3.8, 4) is 11.3 Å². The average Bonchev–Trinajstić information content (AvgIpc) is 2.67. The molecule has 1 fully saturated rings. The van der Waals surface area contributed by atoms with Gasteiger partial charge in [0.05, 0.1) is 7.11 Å². The number of methoxy groups -OCH3 is 1. The highest BCUT2D eigenvalue weighted by molar-refractivity contribution is 5.90. The summed E-state index contributed by atoms with van der Waals surface area (Å²) in [4.78, 5) is 21.2. The molecule has 150 valence electrons. The molecular formula is C18H16F5N3O2. The van der Waals surface area contributed by atoms with E-state index in [1.807, 2.05) is 0 Å². The number of hydrogen-bond donors (Lipinski definition) is 0. The zero-order valence-electron chi connectivity index (χ0n) is 14.8. The van der Waals surface area contributed by atoms with Gasteiger partial charge in [0.15, 0.2) is 11.5 Å². The molecule has 0 N–H and O–H groups in total. The number of aromatic nitrogens is 2. The summed E-state index contributed by atoms with van der Waals surface area (Å²) < 4.78 is 71.7. The van der Waals surface area contributed by atoms with Crippen molar-refractivity contribution in [2.24, 2.45) is 0 Å². The molecule has 0 unspecified atom stereocenters. The number of esters is 1. The molecule has 0 amide bonds. The number of ether oxygens (including phenoxy) is 1. The number of alkyl halides is 4. The average molecular weight is 401 g/mol. The fourth-order valence-electron chi connectivity index (χ4n) is 2.91. The Bertz CT molecular complexity index is 864. The van der Waals surface area contributed by atoms with Crippen LogP contribution in [0.5, 0.6) is 0 Å². The zero-order valence-corrected chi connectivity index (χ0v) is 14.8. The van der Waals surface area contributed by atoms with Gasteiger partial charge in [-0.2, -0.15) is 0 Å². The van der Waals surface area contributed by atoms with E-state index in [9.17, 15) is 26.7 Å². The van der Waals surface area contributed by atoms with Gasteiger partial charge in [-0.1, -0.05) is 0 Å². The first kappa shape index (κ1) is 20.0. The molecule has 0 radical (unpaired) electrons. The zero-order chi connectivity index (χ0) is 20.5. The summed E-state index contributed by atoms with van der Waals surface area (Å²) in [6.07, 6.45) is -4.07. The van der Waals surface area contributed by atoms with Gasteiger partial charge >= 0.3 is 5.97 Å². The van der Waals surface area contributed by atoms with Crippen LogP contribution < -0.4 is 4.90 Å². The summed E-state index contributed by atoms with van der Waals surface area (Å²) in [5.41, 5.74) is -1.27. The largest absolute Gasteiger partial charge is 0.464 e. The predicted octanol–water partition coefficient (Wildman–Crippen LogP) is 4.24. The second-order valence-electron chi connectivity index (χ2n) is 6.27. The number of carbonyl (C=O) groups excluding carboxylic acids is 1. The maximum absolute atomic E-state index is 13.5. The summed E-state index contributed by atoms with van der Waals surface area (Å²) in [7, 11) is 1.01. The van der Waals surface area contributed by atoms with Gasteiger partial charge in [-0.05, 0) is 24.3 Å². The highest BCUT2D eigenvalue weighted by Gasteiger charge is 2.36. The lowest BCUT2D eigenvalue weighted by Gasteiger charge is -2.33. The Hall–Kier alpha value is -2.78. The van der Waals surface area contributed by atoms with E-state index in [0.717, 1.165) is 19.2 Å². The molecule has 1 aromatic carbocycles. The van der Waals surface area contributed by atoms with E-state index in [4.69, 9.17) is 0 Å². The number of anilines is 1. The van der Waals surface area contributed by atoms with Crippen molar-refractivity contribution in [3.05, 3.63) is 41.5 Å². The van der Waals surface area contributed by atoms with Gasteiger partial charge in [0, 0.05) is 31.5 Å². The molecule has 1 aliphatic heterocycles. The maximum atomic E-state index is 13.5. The summed E-state index contributed by atoms with van der Waals surface area (Å²) in [6.45, 7) is -0.258. The van der Waals surface area contributed by atoms with Crippen LogP contribution in [0, 0.1) is 5.82 Å². The molecule has 3 rings (SSSR count). The molecule has 2 heterocycles. The molecule has 0 aliphatic carbocycles. The Kier molecular flexibility index (Phi) is 5.48. The first-order chi connectivity index (χ1) is 13.2. The van der Waals surface area contributed by atoms with E-state index in [1.54, 1.807) is 0 Å². The van der Waals surface area contributed by atoms with E-state index in [0.29, 0.717) is 5.56 Å². The van der Waals surface area contributed by atoms with Crippen LogP contribution in [0.2, 0.25) is 0 Å². The lowest BCUT2D eigenvalue weighted by Crippen LogP contribution is -2.40. The number of halogens is 5. The Balaban J connectivity index is 2.16. The molecule has 1 aromatic heterocycles. The van der Waals surface area contributed by atoms with E-state index in [1.165, 1.54) is 17.0 Å². The Morgan fingerprint density at radius 1 is 1.14 bits per heavy atom. The van der Waals surface area contributed by atoms with Crippen LogP contribution in [0.15, 0.2) is 24.3 Å². The van der Waals surface area contributed by atoms with Gasteiger partial charge in [0.1, 0.15) is 17.2 Å². The standard InChI is InChI=1S/C18H16F5N3O2/c1-28-17(27)14-13(15(20)21)25-16(26-8-6-18(22,23)7-9-26)12(24-14)10-2-4-11(19)5-3-10/h2-5,15H,6-9H2,1H3. The summed E-state index contributed by atoms with van der Waals surface area (Å²) in [5.74, 6) is -4.56. The van der Waals surface area contributed by atoms with Crippen LogP contribution in [0.3, 0.4) is 0 Å². The fourth-order valence-corrected chi connectivity index (χ4v) is 2.91. The lowest BCUT2D eigenvalue weighted by atomic mass is 10.1. The molecule has 0 bridgehead atoms. The fraction of sp³-hybridized carbons (Fsp3) is 0.389. The number of carbonyl (C=O) groups is 1. The Morgan fingerprint density at radius 3 is 2.29 bits per heavy atom. The number of rotatable bonds is 4. The molecule has 2 aromatic rings. The molecular weight excluding hydrogens is 385 g/mol. The van der Waals surface area contributed by atoms with Crippen LogP contribution in [-0.4, -0.2) is 42.1 Å². The van der Waals surface area contributed by atoms with Crippen molar-refractivity contribution in [3.63, 3.8) is 0 Å². The minimum Gasteiger partial charge on any atom is -0.464 e. The molecule has 1 aliphatic rings. The topological polar surface area (TPSA) is 55.3 Å². The van der Waals surface area contributed by atoms with Crippen molar-refractivity contribution in [1.82, 2.24) is 9.97 Å². The van der Waals surface area contributed by atoms with E-state index >= 15 is 0 Å². The van der Waals surface area contributed by atoms with Crippen molar-refractivity contribution >= 4 is 11.8 Å². The number of benzene rings is 1. The first-order valence-corrected chi connectivity index (χ1v) is 8.39. The van der Waals surface area contributed by atoms with Crippen molar-refractivity contribution in [1.29, 1.82) is 0 Å². The van der Waals surface area contributed by atoms with Gasteiger partial charge in [-0.3, -0.25) is 0 Å². The van der Waals surface area contributed by atoms with Gasteiger partial charge in [-0.15, -0.1) is 0 Å². The molecule has 28 heavy (non-hydrogen) atoms. The van der Waals surface area contributed by atoms with Gasteiger partial charge in [0.25, 0.3) is 12.3 Å². The van der Waals surface area contributed by atoms with Gasteiger partial charge in [0.2, 0.25) is 0 Å². The monoisotopic (exact) mass is 401 g/mol. The second kappa shape index (κ2) is 7.69. The van der Waals surface area contributed by atoms with Crippen LogP contribution in [-0.2, 0) is 4.74 Å². The van der Waals surface area contributed by atoms with E-state index in [2.05, 4.69) is 14.7 Å². The molecule has 5 nitrogen and oxygen atoms in total. The highest BCUT2D eigenvalue weighted by atomic mass is 19.3. The van der Waals surface area contributed by atoms with Crippen LogP contribution in [0.4, 0.5) is 27.8 Å². The van der Waals surface area contributed by atoms with Crippen molar-refractivity contribution in [2.45, 2.75) is 25.2 Å². The van der Waals surface area contributed by atoms with Gasteiger partial charge < -0.3 is 9.64 Å². The molecule has 1 saturated heterocycles. The third kappa shape index (κ3) is 4.05. The quantitative estimate of drug-likeness (QED) is 0.567. The first-order valence-electron chi connectivity index (χ1n) is 8.39. The summed E-state index contributed by atoms with van der Waals surface area (Å²) in [5, 5.41) is 0. The van der Waals surface area contributed by atoms with Crippen LogP contribution >= 0.6 is 0 Å². The minimum absolute atomic E-state index is 0.00927. The van der Waals surface area contributed by atoms with E-state index in [-0.39, 0.29) is 24.6 Å². The SMILES string of the molecule is COC(=O)c1nc(-c2ccc(F)cc2)c(N2CCC(F)(F)CC2)nc1C(F)F. The number of hydrogen-bond acceptors (Lipinski definition) is 5. The normalized spacial score (nSPS) is 16.3. The van der Waals surface area contributed by atoms with Crippen LogP contribution in [0.1, 0.15) is 35.4 Å². The van der Waals surface area contributed by atoms with Crippen molar-refractivity contribution in [2.75, 3.05) is 25.1 Å². The smallest absolute Gasteiger partial charge is 0.358 e. The second-order valence-corrected chi connectivity index (χ2v) is 6.27. The summed E-state index contributed by atoms with van der Waals surface area (Å²) in [6, 6.07) is 4.93. The van der Waals surface area contributed by atoms with E-state index < -0.39 is 48.4 Å². The number of piperidine rings is 1. The van der Waals surface area contributed by atoms with Crippen molar-refractivity contribution < 1.29 is 31.5 Å². The molecule has 0 saturated carbocycles. The minimum atomic E-state index is -3.13. The predicted molar refractivity (Wildman–Crippen MR) is 90.1 cm³/mol. The van der Waals surface area contributed by atoms with Crippen LogP contribution in [0.25, 0.3) is 11.3 Å². The maximum Gasteiger partial charge on any atom is 0.358 e. The Morgan fingerprint density at radius 2 is 1.75 bits per heavy atom. The number of nitrogens with zero attached hydrogens (tertiary/aromatic N) is 3. The third-order valence-electron chi connectivity index (χ3n) is 4.40. The molecule has 0 atom stereocenters. The lowest BCUT2D eigenvalue weighted by molar-refractivity contribution is -0.0221. The molecule has 0 spiro atoms.